The Bertz CT molecular complexity index is 758. The summed E-state index contributed by atoms with van der Waals surface area (Å²) in [6, 6.07) is 19.4. The molecule has 128 valence electrons. The van der Waals surface area contributed by atoms with Crippen LogP contribution < -0.4 is 5.32 Å². The fourth-order valence-electron chi connectivity index (χ4n) is 2.63. The number of amides is 1. The highest BCUT2D eigenvalue weighted by molar-refractivity contribution is 7.90. The number of carbonyl (C=O) groups is 1. The van der Waals surface area contributed by atoms with E-state index in [4.69, 9.17) is 0 Å². The number of nitrogens with one attached hydrogen (secondary N) is 1. The van der Waals surface area contributed by atoms with Gasteiger partial charge in [0.25, 0.3) is 0 Å². The zero-order chi connectivity index (χ0) is 17.6. The summed E-state index contributed by atoms with van der Waals surface area (Å²) in [5, 5.41) is 3.00. The molecule has 2 rings (SSSR count). The summed E-state index contributed by atoms with van der Waals surface area (Å²) in [6.07, 6.45) is 1.80. The molecular formula is C19H23NO3S. The van der Waals surface area contributed by atoms with E-state index in [1.54, 1.807) is 6.92 Å². The Morgan fingerprint density at radius 2 is 1.54 bits per heavy atom. The van der Waals surface area contributed by atoms with Gasteiger partial charge in [0.05, 0.1) is 11.8 Å². The van der Waals surface area contributed by atoms with Crippen molar-refractivity contribution in [3.63, 3.8) is 0 Å². The molecule has 0 radical (unpaired) electrons. The van der Waals surface area contributed by atoms with E-state index in [9.17, 15) is 13.2 Å². The second-order valence-corrected chi connectivity index (χ2v) is 8.34. The Labute approximate surface area is 143 Å². The molecule has 5 heteroatoms. The molecule has 2 aromatic rings. The molecule has 4 nitrogen and oxygen atoms in total. The number of hydrogen-bond acceptors (Lipinski definition) is 3. The highest BCUT2D eigenvalue weighted by Gasteiger charge is 2.22. The molecule has 0 heterocycles. The van der Waals surface area contributed by atoms with Gasteiger partial charge in [-0.05, 0) is 17.5 Å². The highest BCUT2D eigenvalue weighted by atomic mass is 32.2. The SMILES string of the molecule is C[C@H](CS(C)(=O)=O)C(=O)N[C@H](Cc1ccccc1)c1ccccc1. The van der Waals surface area contributed by atoms with Gasteiger partial charge in [-0.3, -0.25) is 4.79 Å². The third-order valence-electron chi connectivity index (χ3n) is 3.80. The molecule has 0 aliphatic carbocycles. The van der Waals surface area contributed by atoms with E-state index in [1.165, 1.54) is 0 Å². The Balaban J connectivity index is 2.16. The fraction of sp³-hybridized carbons (Fsp3) is 0.316. The standard InChI is InChI=1S/C19H23NO3S/c1-15(14-24(2,22)23)19(21)20-18(17-11-7-4-8-12-17)13-16-9-5-3-6-10-16/h3-12,15,18H,13-14H2,1-2H3,(H,20,21)/t15-,18-/m1/s1. The van der Waals surface area contributed by atoms with Crippen LogP contribution in [-0.4, -0.2) is 26.3 Å². The number of hydrogen-bond donors (Lipinski definition) is 1. The van der Waals surface area contributed by atoms with Crippen LogP contribution in [0.5, 0.6) is 0 Å². The first-order chi connectivity index (χ1) is 11.3. The molecule has 0 spiro atoms. The lowest BCUT2D eigenvalue weighted by atomic mass is 9.98. The highest BCUT2D eigenvalue weighted by Crippen LogP contribution is 2.19. The lowest BCUT2D eigenvalue weighted by Gasteiger charge is -2.21. The van der Waals surface area contributed by atoms with Crippen molar-refractivity contribution in [2.45, 2.75) is 19.4 Å². The van der Waals surface area contributed by atoms with Crippen LogP contribution in [0.1, 0.15) is 24.1 Å². The lowest BCUT2D eigenvalue weighted by Crippen LogP contribution is -2.36. The average molecular weight is 345 g/mol. The largest absolute Gasteiger partial charge is 0.349 e. The number of sulfone groups is 1. The predicted octanol–water partition coefficient (Wildman–Crippen LogP) is 2.77. The van der Waals surface area contributed by atoms with Gasteiger partial charge in [-0.2, -0.15) is 0 Å². The molecule has 0 fully saturated rings. The van der Waals surface area contributed by atoms with Gasteiger partial charge in [0, 0.05) is 12.2 Å². The van der Waals surface area contributed by atoms with Gasteiger partial charge in [-0.25, -0.2) is 8.42 Å². The summed E-state index contributed by atoms with van der Waals surface area (Å²) in [5.74, 6) is -0.974. The Morgan fingerprint density at radius 3 is 2.08 bits per heavy atom. The second kappa shape index (κ2) is 8.11. The quantitative estimate of drug-likeness (QED) is 0.839. The first kappa shape index (κ1) is 18.2. The van der Waals surface area contributed by atoms with Crippen LogP contribution in [-0.2, 0) is 21.1 Å². The second-order valence-electron chi connectivity index (χ2n) is 6.16. The maximum atomic E-state index is 12.4. The number of benzene rings is 2. The number of rotatable bonds is 7. The van der Waals surface area contributed by atoms with Crippen LogP contribution in [0, 0.1) is 5.92 Å². The van der Waals surface area contributed by atoms with Crippen molar-refractivity contribution < 1.29 is 13.2 Å². The van der Waals surface area contributed by atoms with E-state index < -0.39 is 15.8 Å². The van der Waals surface area contributed by atoms with Crippen molar-refractivity contribution in [2.75, 3.05) is 12.0 Å². The minimum Gasteiger partial charge on any atom is -0.349 e. The van der Waals surface area contributed by atoms with E-state index in [0.29, 0.717) is 6.42 Å². The van der Waals surface area contributed by atoms with E-state index >= 15 is 0 Å². The topological polar surface area (TPSA) is 63.2 Å². The van der Waals surface area contributed by atoms with E-state index in [1.807, 2.05) is 60.7 Å². The minimum absolute atomic E-state index is 0.147. The van der Waals surface area contributed by atoms with Crippen LogP contribution in [0.25, 0.3) is 0 Å². The zero-order valence-corrected chi connectivity index (χ0v) is 14.8. The summed E-state index contributed by atoms with van der Waals surface area (Å²) in [7, 11) is -3.19. The molecular weight excluding hydrogens is 322 g/mol. The summed E-state index contributed by atoms with van der Waals surface area (Å²) < 4.78 is 22.8. The molecule has 0 saturated carbocycles. The molecule has 0 unspecified atom stereocenters. The van der Waals surface area contributed by atoms with Crippen molar-refractivity contribution in [3.8, 4) is 0 Å². The molecule has 1 amide bonds. The Kier molecular flexibility index (Phi) is 6.15. The van der Waals surface area contributed by atoms with Gasteiger partial charge < -0.3 is 5.32 Å². The van der Waals surface area contributed by atoms with Crippen molar-refractivity contribution in [1.82, 2.24) is 5.32 Å². The van der Waals surface area contributed by atoms with Crippen LogP contribution >= 0.6 is 0 Å². The molecule has 2 atom stereocenters. The maximum Gasteiger partial charge on any atom is 0.224 e. The Hall–Kier alpha value is -2.14. The molecule has 1 N–H and O–H groups in total. The van der Waals surface area contributed by atoms with Gasteiger partial charge in [0.1, 0.15) is 9.84 Å². The van der Waals surface area contributed by atoms with Crippen molar-refractivity contribution in [1.29, 1.82) is 0 Å². The molecule has 2 aromatic carbocycles. The van der Waals surface area contributed by atoms with Crippen LogP contribution in [0.2, 0.25) is 0 Å². The van der Waals surface area contributed by atoms with Crippen LogP contribution in [0.4, 0.5) is 0 Å². The molecule has 0 aliphatic rings. The summed E-state index contributed by atoms with van der Waals surface area (Å²) >= 11 is 0. The summed E-state index contributed by atoms with van der Waals surface area (Å²) in [4.78, 5) is 12.4. The monoisotopic (exact) mass is 345 g/mol. The number of carbonyl (C=O) groups excluding carboxylic acids is 1. The molecule has 24 heavy (non-hydrogen) atoms. The van der Waals surface area contributed by atoms with Crippen molar-refractivity contribution in [3.05, 3.63) is 71.8 Å². The third kappa shape index (κ3) is 5.81. The first-order valence-corrected chi connectivity index (χ1v) is 9.98. The normalized spacial score (nSPS) is 13.9. The van der Waals surface area contributed by atoms with E-state index in [-0.39, 0.29) is 17.7 Å². The fourth-order valence-corrected chi connectivity index (χ4v) is 3.69. The van der Waals surface area contributed by atoms with Gasteiger partial charge in [-0.15, -0.1) is 0 Å². The Morgan fingerprint density at radius 1 is 1.00 bits per heavy atom. The molecule has 0 saturated heterocycles. The third-order valence-corrected chi connectivity index (χ3v) is 4.91. The van der Waals surface area contributed by atoms with Crippen molar-refractivity contribution in [2.24, 2.45) is 5.92 Å². The van der Waals surface area contributed by atoms with Gasteiger partial charge in [0.15, 0.2) is 0 Å². The summed E-state index contributed by atoms with van der Waals surface area (Å²) in [6.45, 7) is 1.64. The van der Waals surface area contributed by atoms with E-state index in [2.05, 4.69) is 5.32 Å². The molecule has 0 aliphatic heterocycles. The van der Waals surface area contributed by atoms with Gasteiger partial charge in [-0.1, -0.05) is 67.6 Å². The van der Waals surface area contributed by atoms with Gasteiger partial charge >= 0.3 is 0 Å². The zero-order valence-electron chi connectivity index (χ0n) is 14.0. The summed E-state index contributed by atoms with van der Waals surface area (Å²) in [5.41, 5.74) is 2.11. The van der Waals surface area contributed by atoms with Crippen LogP contribution in [0.15, 0.2) is 60.7 Å². The molecule has 0 bridgehead atoms. The van der Waals surface area contributed by atoms with Crippen molar-refractivity contribution >= 4 is 15.7 Å². The molecule has 0 aromatic heterocycles. The average Bonchev–Trinajstić information content (AvgIpc) is 2.54. The smallest absolute Gasteiger partial charge is 0.224 e. The van der Waals surface area contributed by atoms with Gasteiger partial charge in [0.2, 0.25) is 5.91 Å². The lowest BCUT2D eigenvalue weighted by molar-refractivity contribution is -0.124. The first-order valence-electron chi connectivity index (χ1n) is 7.92. The predicted molar refractivity (Wildman–Crippen MR) is 96.3 cm³/mol. The maximum absolute atomic E-state index is 12.4. The van der Waals surface area contributed by atoms with Crippen LogP contribution in [0.3, 0.4) is 0 Å². The minimum atomic E-state index is -3.19. The van der Waals surface area contributed by atoms with E-state index in [0.717, 1.165) is 17.4 Å².